The number of rotatable bonds is 5. The van der Waals surface area contributed by atoms with Crippen LogP contribution in [-0.4, -0.2) is 34.2 Å². The van der Waals surface area contributed by atoms with E-state index in [0.29, 0.717) is 23.3 Å². The molecule has 0 spiro atoms. The number of furan rings is 1. The lowest BCUT2D eigenvalue weighted by molar-refractivity contribution is 0.266. The van der Waals surface area contributed by atoms with Gasteiger partial charge < -0.3 is 13.8 Å². The topological polar surface area (TPSA) is 79.1 Å². The number of aromatic nitrogens is 2. The van der Waals surface area contributed by atoms with Crippen LogP contribution in [0.2, 0.25) is 0 Å². The molecule has 1 saturated heterocycles. The van der Waals surface area contributed by atoms with Crippen LogP contribution in [-0.2, 0) is 6.42 Å². The smallest absolute Gasteiger partial charge is 0.258 e. The zero-order valence-corrected chi connectivity index (χ0v) is 16.8. The van der Waals surface area contributed by atoms with Crippen LogP contribution in [0.1, 0.15) is 31.1 Å². The zero-order chi connectivity index (χ0) is 20.5. The number of likely N-dealkylation sites (tertiary alicyclic amines) is 1. The van der Waals surface area contributed by atoms with Gasteiger partial charge in [0.05, 0.1) is 11.6 Å². The molecule has 0 radical (unpaired) electrons. The largest absolute Gasteiger partial charge is 0.461 e. The van der Waals surface area contributed by atoms with Crippen molar-refractivity contribution in [3.8, 4) is 28.9 Å². The summed E-state index contributed by atoms with van der Waals surface area (Å²) in [6.07, 6.45) is 3.50. The molecule has 4 aromatic rings. The molecule has 6 nitrogen and oxygen atoms in total. The van der Waals surface area contributed by atoms with Crippen LogP contribution < -0.4 is 0 Å². The van der Waals surface area contributed by atoms with Gasteiger partial charge in [0.2, 0.25) is 5.82 Å². The second kappa shape index (κ2) is 7.77. The van der Waals surface area contributed by atoms with Crippen molar-refractivity contribution in [2.45, 2.75) is 32.2 Å². The number of hydrogen-bond donors (Lipinski definition) is 0. The molecule has 0 N–H and O–H groups in total. The van der Waals surface area contributed by atoms with Crippen molar-refractivity contribution in [1.82, 2.24) is 15.0 Å². The van der Waals surface area contributed by atoms with Gasteiger partial charge in [0.15, 0.2) is 0 Å². The molecule has 2 aromatic carbocycles. The highest BCUT2D eigenvalue weighted by Crippen LogP contribution is 2.28. The van der Waals surface area contributed by atoms with E-state index in [9.17, 15) is 0 Å². The molecule has 2 aromatic heterocycles. The molecule has 0 amide bonds. The molecule has 1 atom stereocenters. The number of hydrogen-bond acceptors (Lipinski definition) is 6. The summed E-state index contributed by atoms with van der Waals surface area (Å²) in [6.45, 7) is 4.52. The van der Waals surface area contributed by atoms with Crippen molar-refractivity contribution in [3.63, 3.8) is 0 Å². The minimum Gasteiger partial charge on any atom is -0.461 e. The lowest BCUT2D eigenvalue weighted by atomic mass is 10.1. The summed E-state index contributed by atoms with van der Waals surface area (Å²) in [4.78, 5) is 7.05. The highest BCUT2D eigenvalue weighted by atomic mass is 16.5. The van der Waals surface area contributed by atoms with Gasteiger partial charge in [-0.3, -0.25) is 0 Å². The average Bonchev–Trinajstić information content (AvgIpc) is 3.51. The lowest BCUT2D eigenvalue weighted by Gasteiger charge is -2.19. The van der Waals surface area contributed by atoms with Crippen LogP contribution in [0.25, 0.3) is 33.8 Å². The van der Waals surface area contributed by atoms with Gasteiger partial charge in [0.1, 0.15) is 11.3 Å². The highest BCUT2D eigenvalue weighted by Gasteiger charge is 2.20. The van der Waals surface area contributed by atoms with Crippen LogP contribution >= 0.6 is 0 Å². The Morgan fingerprint density at radius 1 is 1.13 bits per heavy atom. The van der Waals surface area contributed by atoms with Gasteiger partial charge in [0, 0.05) is 35.5 Å². The Kier molecular flexibility index (Phi) is 4.82. The molecule has 0 bridgehead atoms. The molecule has 1 aliphatic heterocycles. The van der Waals surface area contributed by atoms with E-state index in [1.165, 1.54) is 19.4 Å². The van der Waals surface area contributed by atoms with Gasteiger partial charge in [-0.1, -0.05) is 5.16 Å². The van der Waals surface area contributed by atoms with Gasteiger partial charge in [0.25, 0.3) is 5.89 Å². The van der Waals surface area contributed by atoms with E-state index in [4.69, 9.17) is 14.2 Å². The number of fused-ring (bicyclic) bond motifs is 1. The van der Waals surface area contributed by atoms with E-state index in [-0.39, 0.29) is 0 Å². The van der Waals surface area contributed by atoms with Gasteiger partial charge in [-0.25, -0.2) is 0 Å². The van der Waals surface area contributed by atoms with E-state index in [2.05, 4.69) is 34.1 Å². The average molecular weight is 398 g/mol. The van der Waals surface area contributed by atoms with Crippen molar-refractivity contribution in [2.75, 3.05) is 13.1 Å². The SMILES string of the molecule is C[C@@H]1CCCN1CCc1cc2cc(-c3noc(-c4ccc(C#N)cc4)n3)ccc2o1. The maximum Gasteiger partial charge on any atom is 0.258 e. The first kappa shape index (κ1) is 18.6. The summed E-state index contributed by atoms with van der Waals surface area (Å²) in [7, 11) is 0. The monoisotopic (exact) mass is 398 g/mol. The molecule has 1 aliphatic rings. The summed E-state index contributed by atoms with van der Waals surface area (Å²) in [6, 6.07) is 17.9. The Balaban J connectivity index is 1.35. The van der Waals surface area contributed by atoms with Gasteiger partial charge in [-0.2, -0.15) is 10.2 Å². The molecule has 3 heterocycles. The summed E-state index contributed by atoms with van der Waals surface area (Å²) in [5, 5.41) is 14.1. The second-order valence-electron chi connectivity index (χ2n) is 7.85. The summed E-state index contributed by atoms with van der Waals surface area (Å²) < 4.78 is 11.5. The van der Waals surface area contributed by atoms with Crippen LogP contribution in [0.4, 0.5) is 0 Å². The molecule has 5 rings (SSSR count). The van der Waals surface area contributed by atoms with Gasteiger partial charge >= 0.3 is 0 Å². The van der Waals surface area contributed by atoms with Gasteiger partial charge in [-0.05, 0) is 74.8 Å². The third-order valence-corrected chi connectivity index (χ3v) is 5.85. The molecule has 0 saturated carbocycles. The van der Waals surface area contributed by atoms with Crippen molar-refractivity contribution in [2.24, 2.45) is 0 Å². The first-order valence-electron chi connectivity index (χ1n) is 10.3. The molecule has 150 valence electrons. The van der Waals surface area contributed by atoms with E-state index >= 15 is 0 Å². The van der Waals surface area contributed by atoms with Crippen LogP contribution in [0, 0.1) is 11.3 Å². The Morgan fingerprint density at radius 2 is 1.97 bits per heavy atom. The summed E-state index contributed by atoms with van der Waals surface area (Å²) in [5.41, 5.74) is 3.14. The summed E-state index contributed by atoms with van der Waals surface area (Å²) in [5.74, 6) is 1.97. The minimum atomic E-state index is 0.433. The molecule has 0 unspecified atom stereocenters. The molecular formula is C24H22N4O2. The molecule has 30 heavy (non-hydrogen) atoms. The predicted molar refractivity (Wildman–Crippen MR) is 114 cm³/mol. The van der Waals surface area contributed by atoms with Gasteiger partial charge in [-0.15, -0.1) is 0 Å². The standard InChI is InChI=1S/C24H22N4O2/c1-16-3-2-11-28(16)12-10-21-14-20-13-19(8-9-22(20)29-21)23-26-24(30-27-23)18-6-4-17(15-25)5-7-18/h4-9,13-14,16H,2-3,10-12H2,1H3/t16-/m1/s1. The lowest BCUT2D eigenvalue weighted by Crippen LogP contribution is -2.28. The fourth-order valence-corrected chi connectivity index (χ4v) is 4.08. The Bertz CT molecular complexity index is 1220. The minimum absolute atomic E-state index is 0.433. The fraction of sp³-hybridized carbons (Fsp3) is 0.292. The third kappa shape index (κ3) is 3.60. The van der Waals surface area contributed by atoms with E-state index in [1.807, 2.05) is 30.3 Å². The van der Waals surface area contributed by atoms with Crippen LogP contribution in [0.3, 0.4) is 0 Å². The van der Waals surface area contributed by atoms with E-state index in [0.717, 1.165) is 40.8 Å². The quantitative estimate of drug-likeness (QED) is 0.468. The number of benzene rings is 2. The summed E-state index contributed by atoms with van der Waals surface area (Å²) >= 11 is 0. The fourth-order valence-electron chi connectivity index (χ4n) is 4.08. The molecule has 1 fully saturated rings. The zero-order valence-electron chi connectivity index (χ0n) is 16.8. The highest BCUT2D eigenvalue weighted by molar-refractivity contribution is 5.83. The first-order valence-corrected chi connectivity index (χ1v) is 10.3. The van der Waals surface area contributed by atoms with Crippen LogP contribution in [0.5, 0.6) is 0 Å². The maximum absolute atomic E-state index is 8.93. The molecule has 0 aliphatic carbocycles. The Morgan fingerprint density at radius 3 is 2.73 bits per heavy atom. The maximum atomic E-state index is 8.93. The second-order valence-corrected chi connectivity index (χ2v) is 7.85. The normalized spacial score (nSPS) is 16.9. The Hall–Kier alpha value is -3.43. The van der Waals surface area contributed by atoms with Crippen molar-refractivity contribution < 1.29 is 8.94 Å². The van der Waals surface area contributed by atoms with E-state index in [1.54, 1.807) is 12.1 Å². The van der Waals surface area contributed by atoms with Crippen molar-refractivity contribution in [3.05, 3.63) is 59.9 Å². The number of nitrogens with zero attached hydrogens (tertiary/aromatic N) is 4. The van der Waals surface area contributed by atoms with Crippen LogP contribution in [0.15, 0.2) is 57.5 Å². The molecule has 6 heteroatoms. The third-order valence-electron chi connectivity index (χ3n) is 5.85. The van der Waals surface area contributed by atoms with E-state index < -0.39 is 0 Å². The predicted octanol–water partition coefficient (Wildman–Crippen LogP) is 5.05. The first-order chi connectivity index (χ1) is 14.7. The van der Waals surface area contributed by atoms with Crippen molar-refractivity contribution >= 4 is 11.0 Å². The van der Waals surface area contributed by atoms with Crippen molar-refractivity contribution in [1.29, 1.82) is 5.26 Å². The number of nitriles is 1. The Labute approximate surface area is 174 Å². The molecular weight excluding hydrogens is 376 g/mol.